The number of halogens is 1. The van der Waals surface area contributed by atoms with E-state index in [0.717, 1.165) is 11.3 Å². The molecule has 0 saturated heterocycles. The summed E-state index contributed by atoms with van der Waals surface area (Å²) in [7, 11) is 1.18. The molecule has 0 unspecified atom stereocenters. The van der Waals surface area contributed by atoms with E-state index >= 15 is 0 Å². The van der Waals surface area contributed by atoms with Gasteiger partial charge in [-0.2, -0.15) is 0 Å². The Morgan fingerprint density at radius 2 is 1.90 bits per heavy atom. The second-order valence-electron chi connectivity index (χ2n) is 5.44. The quantitative estimate of drug-likeness (QED) is 0.396. The average Bonchev–Trinajstić information content (AvgIpc) is 3.02. The lowest BCUT2D eigenvalue weighted by Gasteiger charge is -2.07. The molecule has 0 saturated carbocycles. The molecule has 29 heavy (non-hydrogen) atoms. The van der Waals surface area contributed by atoms with Crippen molar-refractivity contribution in [3.05, 3.63) is 45.1 Å². The molecule has 11 heteroatoms. The lowest BCUT2D eigenvalue weighted by molar-refractivity contribution is -0.119. The number of aromatic nitrogens is 1. The summed E-state index contributed by atoms with van der Waals surface area (Å²) in [6.07, 6.45) is 1.40. The highest BCUT2D eigenvalue weighted by molar-refractivity contribution is 7.18. The van der Waals surface area contributed by atoms with Crippen LogP contribution in [0.3, 0.4) is 0 Å². The van der Waals surface area contributed by atoms with Crippen LogP contribution in [-0.2, 0) is 19.0 Å². The molecule has 1 amide bonds. The maximum Gasteiger partial charge on any atom is 0.348 e. The van der Waals surface area contributed by atoms with Crippen molar-refractivity contribution in [3.8, 4) is 0 Å². The van der Waals surface area contributed by atoms with Crippen molar-refractivity contribution in [2.24, 2.45) is 0 Å². The zero-order chi connectivity index (χ0) is 21.6. The predicted molar refractivity (Wildman–Crippen MR) is 105 cm³/mol. The topological polar surface area (TPSA) is 121 Å². The first-order chi connectivity index (χ1) is 13.8. The summed E-state index contributed by atoms with van der Waals surface area (Å²) in [5.74, 6) is -2.91. The number of rotatable bonds is 7. The van der Waals surface area contributed by atoms with Crippen LogP contribution < -0.4 is 5.32 Å². The fourth-order valence-electron chi connectivity index (χ4n) is 2.25. The number of amides is 1. The smallest absolute Gasteiger partial charge is 0.348 e. The zero-order valence-corrected chi connectivity index (χ0v) is 17.3. The van der Waals surface area contributed by atoms with Crippen LogP contribution in [0.5, 0.6) is 0 Å². The van der Waals surface area contributed by atoms with Crippen molar-refractivity contribution in [1.82, 2.24) is 4.98 Å². The third-order valence-corrected chi connectivity index (χ3v) is 5.05. The Bertz CT molecular complexity index is 958. The van der Waals surface area contributed by atoms with Gasteiger partial charge in [0.15, 0.2) is 6.61 Å². The van der Waals surface area contributed by atoms with Gasteiger partial charge in [-0.05, 0) is 31.5 Å². The average molecular weight is 441 g/mol. The number of esters is 3. The van der Waals surface area contributed by atoms with Crippen LogP contribution in [0.1, 0.15) is 42.9 Å². The van der Waals surface area contributed by atoms with E-state index in [-0.39, 0.29) is 32.8 Å². The summed E-state index contributed by atoms with van der Waals surface area (Å²) in [6.45, 7) is 2.69. The number of pyridine rings is 1. The Morgan fingerprint density at radius 1 is 1.17 bits per heavy atom. The minimum atomic E-state index is -0.832. The molecule has 0 spiro atoms. The maximum atomic E-state index is 12.2. The first kappa shape index (κ1) is 22.3. The number of ether oxygens (including phenoxy) is 3. The third kappa shape index (κ3) is 5.30. The van der Waals surface area contributed by atoms with Crippen molar-refractivity contribution >= 4 is 51.8 Å². The lowest BCUT2D eigenvalue weighted by Crippen LogP contribution is -2.21. The standard InChI is InChI=1S/C18H17ClN2O7S/c1-4-27-18(25)13-9(2)12(17(24)26-3)15(29-13)21-11(22)8-28-16(23)10-6-5-7-20-14(10)19/h5-7H,4,8H2,1-3H3,(H,21,22). The van der Waals surface area contributed by atoms with Crippen molar-refractivity contribution in [2.45, 2.75) is 13.8 Å². The molecule has 0 fully saturated rings. The number of hydrogen-bond donors (Lipinski definition) is 1. The van der Waals surface area contributed by atoms with Gasteiger partial charge in [0, 0.05) is 6.20 Å². The first-order valence-electron chi connectivity index (χ1n) is 8.26. The van der Waals surface area contributed by atoms with Gasteiger partial charge < -0.3 is 19.5 Å². The number of carbonyl (C=O) groups excluding carboxylic acids is 4. The van der Waals surface area contributed by atoms with Crippen LogP contribution >= 0.6 is 22.9 Å². The van der Waals surface area contributed by atoms with Crippen molar-refractivity contribution in [1.29, 1.82) is 0 Å². The summed E-state index contributed by atoms with van der Waals surface area (Å²) in [5.41, 5.74) is 0.346. The van der Waals surface area contributed by atoms with E-state index in [2.05, 4.69) is 10.3 Å². The van der Waals surface area contributed by atoms with Crippen LogP contribution in [-0.4, -0.2) is 49.1 Å². The molecule has 0 aromatic carbocycles. The van der Waals surface area contributed by atoms with Gasteiger partial charge in [-0.15, -0.1) is 11.3 Å². The molecule has 0 aliphatic heterocycles. The maximum absolute atomic E-state index is 12.2. The minimum Gasteiger partial charge on any atom is -0.465 e. The van der Waals surface area contributed by atoms with Gasteiger partial charge >= 0.3 is 17.9 Å². The molecule has 2 aromatic rings. The number of carbonyl (C=O) groups is 4. The lowest BCUT2D eigenvalue weighted by atomic mass is 10.1. The van der Waals surface area contributed by atoms with Crippen LogP contribution in [0.25, 0.3) is 0 Å². The van der Waals surface area contributed by atoms with E-state index in [1.807, 2.05) is 0 Å². The molecule has 0 radical (unpaired) electrons. The molecule has 1 N–H and O–H groups in total. The Labute approximate surface area is 174 Å². The van der Waals surface area contributed by atoms with Gasteiger partial charge in [-0.25, -0.2) is 19.4 Å². The highest BCUT2D eigenvalue weighted by Gasteiger charge is 2.27. The van der Waals surface area contributed by atoms with E-state index < -0.39 is 30.4 Å². The zero-order valence-electron chi connectivity index (χ0n) is 15.7. The van der Waals surface area contributed by atoms with E-state index in [9.17, 15) is 19.2 Å². The summed E-state index contributed by atoms with van der Waals surface area (Å²) < 4.78 is 14.6. The highest BCUT2D eigenvalue weighted by Crippen LogP contribution is 2.34. The number of hydrogen-bond acceptors (Lipinski definition) is 9. The molecule has 2 rings (SSSR count). The van der Waals surface area contributed by atoms with E-state index in [4.69, 9.17) is 25.8 Å². The van der Waals surface area contributed by atoms with Gasteiger partial charge in [0.25, 0.3) is 5.91 Å². The summed E-state index contributed by atoms with van der Waals surface area (Å²) in [6, 6.07) is 2.90. The molecule has 154 valence electrons. The predicted octanol–water partition coefficient (Wildman–Crippen LogP) is 2.86. The third-order valence-electron chi connectivity index (χ3n) is 3.56. The van der Waals surface area contributed by atoms with Gasteiger partial charge in [-0.1, -0.05) is 11.6 Å². The molecular weight excluding hydrogens is 424 g/mol. The Kier molecular flexibility index (Phi) is 7.68. The largest absolute Gasteiger partial charge is 0.465 e. The molecule has 0 bridgehead atoms. The molecule has 0 aliphatic carbocycles. The summed E-state index contributed by atoms with van der Waals surface area (Å²) >= 11 is 6.67. The van der Waals surface area contributed by atoms with Gasteiger partial charge in [0.2, 0.25) is 0 Å². The van der Waals surface area contributed by atoms with Crippen LogP contribution in [0, 0.1) is 6.92 Å². The number of anilines is 1. The number of nitrogens with one attached hydrogen (secondary N) is 1. The molecule has 0 atom stereocenters. The van der Waals surface area contributed by atoms with E-state index in [0.29, 0.717) is 5.56 Å². The second kappa shape index (κ2) is 9.99. The molecular formula is C18H17ClN2O7S. The summed E-state index contributed by atoms with van der Waals surface area (Å²) in [5, 5.41) is 2.48. The molecule has 2 aromatic heterocycles. The fraction of sp³-hybridized carbons (Fsp3) is 0.278. The van der Waals surface area contributed by atoms with Gasteiger partial charge in [0.05, 0.1) is 24.8 Å². The SMILES string of the molecule is CCOC(=O)c1sc(NC(=O)COC(=O)c2cccnc2Cl)c(C(=O)OC)c1C. The monoisotopic (exact) mass is 440 g/mol. The van der Waals surface area contributed by atoms with E-state index in [1.165, 1.54) is 32.4 Å². The number of nitrogens with zero attached hydrogens (tertiary/aromatic N) is 1. The fourth-order valence-corrected chi connectivity index (χ4v) is 3.55. The highest BCUT2D eigenvalue weighted by atomic mass is 35.5. The van der Waals surface area contributed by atoms with Crippen LogP contribution in [0.15, 0.2) is 18.3 Å². The van der Waals surface area contributed by atoms with Crippen LogP contribution in [0.2, 0.25) is 5.15 Å². The molecule has 0 aliphatic rings. The Hall–Kier alpha value is -2.98. The van der Waals surface area contributed by atoms with E-state index in [1.54, 1.807) is 6.92 Å². The Balaban J connectivity index is 2.15. The first-order valence-corrected chi connectivity index (χ1v) is 9.45. The van der Waals surface area contributed by atoms with Gasteiger partial charge in [-0.3, -0.25) is 4.79 Å². The Morgan fingerprint density at radius 3 is 2.52 bits per heavy atom. The van der Waals surface area contributed by atoms with Crippen molar-refractivity contribution in [3.63, 3.8) is 0 Å². The molecule has 9 nitrogen and oxygen atoms in total. The van der Waals surface area contributed by atoms with Crippen LogP contribution in [0.4, 0.5) is 5.00 Å². The number of methoxy groups -OCH3 is 1. The number of thiophene rings is 1. The molecule has 2 heterocycles. The van der Waals surface area contributed by atoms with Gasteiger partial charge in [0.1, 0.15) is 15.0 Å². The minimum absolute atomic E-state index is 0.00813. The normalized spacial score (nSPS) is 10.2. The van der Waals surface area contributed by atoms with Crippen molar-refractivity contribution in [2.75, 3.05) is 25.6 Å². The summed E-state index contributed by atoms with van der Waals surface area (Å²) in [4.78, 5) is 52.3. The second-order valence-corrected chi connectivity index (χ2v) is 6.82. The van der Waals surface area contributed by atoms with Crippen molar-refractivity contribution < 1.29 is 33.4 Å².